The molecule has 3 rings (SSSR count). The molecule has 0 radical (unpaired) electrons. The second-order valence-electron chi connectivity index (χ2n) is 4.99. The molecule has 0 aliphatic heterocycles. The van der Waals surface area contributed by atoms with Crippen molar-refractivity contribution in [1.29, 1.82) is 0 Å². The van der Waals surface area contributed by atoms with Crippen LogP contribution in [0.1, 0.15) is 5.69 Å². The predicted molar refractivity (Wildman–Crippen MR) is 84.0 cm³/mol. The fraction of sp³-hybridized carbons (Fsp3) is 0.176. The van der Waals surface area contributed by atoms with E-state index in [0.29, 0.717) is 11.7 Å². The van der Waals surface area contributed by atoms with Crippen LogP contribution in [0.3, 0.4) is 0 Å². The molecule has 22 heavy (non-hydrogen) atoms. The van der Waals surface area contributed by atoms with Gasteiger partial charge in [0.1, 0.15) is 12.4 Å². The minimum Gasteiger partial charge on any atom is -0.508 e. The molecule has 0 atom stereocenters. The predicted octanol–water partition coefficient (Wildman–Crippen LogP) is 2.68. The lowest BCUT2D eigenvalue weighted by Crippen LogP contribution is -2.04. The van der Waals surface area contributed by atoms with Crippen molar-refractivity contribution in [3.63, 3.8) is 0 Å². The van der Waals surface area contributed by atoms with E-state index in [9.17, 15) is 5.11 Å². The fourth-order valence-corrected chi connectivity index (χ4v) is 2.27. The Hall–Kier alpha value is -2.66. The van der Waals surface area contributed by atoms with Crippen LogP contribution in [0.25, 0.3) is 22.2 Å². The molecule has 0 aliphatic rings. The SMILES string of the molecule is Cc1cc(OCCO)nc(-c2ccc3cc(O)ccc3c2)n1. The van der Waals surface area contributed by atoms with Gasteiger partial charge in [0.2, 0.25) is 5.88 Å². The summed E-state index contributed by atoms with van der Waals surface area (Å²) in [7, 11) is 0. The molecule has 0 fully saturated rings. The molecule has 1 heterocycles. The van der Waals surface area contributed by atoms with E-state index in [1.165, 1.54) is 0 Å². The molecule has 0 aliphatic carbocycles. The van der Waals surface area contributed by atoms with Crippen LogP contribution in [0.5, 0.6) is 11.6 Å². The number of ether oxygens (including phenoxy) is 1. The summed E-state index contributed by atoms with van der Waals surface area (Å²) in [5.41, 5.74) is 1.67. The Balaban J connectivity index is 2.02. The molecule has 2 aromatic carbocycles. The zero-order valence-corrected chi connectivity index (χ0v) is 12.2. The Morgan fingerprint density at radius 3 is 2.59 bits per heavy atom. The van der Waals surface area contributed by atoms with Crippen molar-refractivity contribution in [2.45, 2.75) is 6.92 Å². The average Bonchev–Trinajstić information content (AvgIpc) is 2.52. The highest BCUT2D eigenvalue weighted by Crippen LogP contribution is 2.26. The van der Waals surface area contributed by atoms with Gasteiger partial charge in [-0.3, -0.25) is 0 Å². The summed E-state index contributed by atoms with van der Waals surface area (Å²) in [6.45, 7) is 2.01. The highest BCUT2D eigenvalue weighted by Gasteiger charge is 2.07. The van der Waals surface area contributed by atoms with Crippen molar-refractivity contribution in [2.24, 2.45) is 0 Å². The van der Waals surface area contributed by atoms with Crippen molar-refractivity contribution in [2.75, 3.05) is 13.2 Å². The summed E-state index contributed by atoms with van der Waals surface area (Å²) in [5, 5.41) is 20.3. The van der Waals surface area contributed by atoms with E-state index in [2.05, 4.69) is 9.97 Å². The third kappa shape index (κ3) is 2.99. The first-order chi connectivity index (χ1) is 10.7. The third-order valence-corrected chi connectivity index (χ3v) is 3.25. The van der Waals surface area contributed by atoms with Crippen LogP contribution in [0.15, 0.2) is 42.5 Å². The Morgan fingerprint density at radius 2 is 1.77 bits per heavy atom. The largest absolute Gasteiger partial charge is 0.508 e. The molecule has 0 unspecified atom stereocenters. The number of aromatic hydroxyl groups is 1. The number of hydrogen-bond donors (Lipinski definition) is 2. The Morgan fingerprint density at radius 1 is 1.00 bits per heavy atom. The zero-order valence-electron chi connectivity index (χ0n) is 12.2. The first-order valence-electron chi connectivity index (χ1n) is 6.98. The second kappa shape index (κ2) is 5.99. The van der Waals surface area contributed by atoms with Crippen LogP contribution in [0, 0.1) is 6.92 Å². The highest BCUT2D eigenvalue weighted by atomic mass is 16.5. The molecule has 0 saturated carbocycles. The van der Waals surface area contributed by atoms with Gasteiger partial charge in [0.05, 0.1) is 6.61 Å². The first kappa shape index (κ1) is 14.3. The summed E-state index contributed by atoms with van der Waals surface area (Å²) in [4.78, 5) is 8.81. The lowest BCUT2D eigenvalue weighted by atomic mass is 10.1. The number of phenolic OH excluding ortho intramolecular Hbond substituents is 1. The van der Waals surface area contributed by atoms with Crippen molar-refractivity contribution < 1.29 is 14.9 Å². The van der Waals surface area contributed by atoms with Crippen LogP contribution in [-0.2, 0) is 0 Å². The van der Waals surface area contributed by atoms with E-state index in [4.69, 9.17) is 9.84 Å². The third-order valence-electron chi connectivity index (χ3n) is 3.25. The van der Waals surface area contributed by atoms with Gasteiger partial charge in [-0.1, -0.05) is 18.2 Å². The molecule has 3 aromatic rings. The molecule has 112 valence electrons. The Kier molecular flexibility index (Phi) is 3.89. The van der Waals surface area contributed by atoms with Gasteiger partial charge in [-0.2, -0.15) is 4.98 Å². The molecule has 0 saturated heterocycles. The van der Waals surface area contributed by atoms with E-state index in [0.717, 1.165) is 22.0 Å². The number of aliphatic hydroxyl groups excluding tert-OH is 1. The van der Waals surface area contributed by atoms with E-state index < -0.39 is 0 Å². The van der Waals surface area contributed by atoms with Gasteiger partial charge >= 0.3 is 0 Å². The molecule has 1 aromatic heterocycles. The first-order valence-corrected chi connectivity index (χ1v) is 6.98. The number of fused-ring (bicyclic) bond motifs is 1. The Labute approximate surface area is 127 Å². The summed E-state index contributed by atoms with van der Waals surface area (Å²) >= 11 is 0. The number of rotatable bonds is 4. The number of hydrogen-bond acceptors (Lipinski definition) is 5. The molecule has 5 heteroatoms. The minimum atomic E-state index is -0.0577. The topological polar surface area (TPSA) is 75.5 Å². The van der Waals surface area contributed by atoms with E-state index in [1.54, 1.807) is 18.2 Å². The molecule has 0 bridgehead atoms. The van der Waals surface area contributed by atoms with Gasteiger partial charge in [0.25, 0.3) is 0 Å². The lowest BCUT2D eigenvalue weighted by molar-refractivity contribution is 0.196. The normalized spacial score (nSPS) is 10.8. The number of phenols is 1. The molecular weight excluding hydrogens is 280 g/mol. The molecule has 5 nitrogen and oxygen atoms in total. The minimum absolute atomic E-state index is 0.0577. The number of nitrogens with zero attached hydrogens (tertiary/aromatic N) is 2. The number of benzene rings is 2. The summed E-state index contributed by atoms with van der Waals surface area (Å²) < 4.78 is 5.37. The Bertz CT molecular complexity index is 818. The van der Waals surface area contributed by atoms with Gasteiger partial charge in [0.15, 0.2) is 5.82 Å². The lowest BCUT2D eigenvalue weighted by Gasteiger charge is -2.08. The molecule has 0 spiro atoms. The standard InChI is InChI=1S/C17H16N2O3/c1-11-8-16(22-7-6-20)19-17(18-11)14-3-2-13-10-15(21)5-4-12(13)9-14/h2-5,8-10,20-21H,6-7H2,1H3. The van der Waals surface area contributed by atoms with Crippen LogP contribution in [0.4, 0.5) is 0 Å². The van der Waals surface area contributed by atoms with Gasteiger partial charge < -0.3 is 14.9 Å². The molecule has 0 amide bonds. The van der Waals surface area contributed by atoms with Crippen LogP contribution in [-0.4, -0.2) is 33.4 Å². The maximum absolute atomic E-state index is 9.51. The number of aryl methyl sites for hydroxylation is 1. The second-order valence-corrected chi connectivity index (χ2v) is 4.99. The summed E-state index contributed by atoms with van der Waals surface area (Å²) in [6.07, 6.45) is 0. The fourth-order valence-electron chi connectivity index (χ4n) is 2.27. The summed E-state index contributed by atoms with van der Waals surface area (Å²) in [6, 6.07) is 12.8. The van der Waals surface area contributed by atoms with Gasteiger partial charge in [0, 0.05) is 17.3 Å². The van der Waals surface area contributed by atoms with Crippen molar-refractivity contribution in [3.05, 3.63) is 48.2 Å². The maximum Gasteiger partial charge on any atom is 0.217 e. The van der Waals surface area contributed by atoms with Crippen molar-refractivity contribution in [3.8, 4) is 23.0 Å². The quantitative estimate of drug-likeness (QED) is 0.774. The van der Waals surface area contributed by atoms with E-state index in [-0.39, 0.29) is 19.0 Å². The van der Waals surface area contributed by atoms with E-state index in [1.807, 2.05) is 31.2 Å². The molecule has 2 N–H and O–H groups in total. The zero-order chi connectivity index (χ0) is 15.5. The van der Waals surface area contributed by atoms with E-state index >= 15 is 0 Å². The number of aromatic nitrogens is 2. The number of aliphatic hydroxyl groups is 1. The van der Waals surface area contributed by atoms with Gasteiger partial charge in [-0.15, -0.1) is 0 Å². The van der Waals surface area contributed by atoms with Gasteiger partial charge in [-0.05, 0) is 35.9 Å². The van der Waals surface area contributed by atoms with Gasteiger partial charge in [-0.25, -0.2) is 4.98 Å². The van der Waals surface area contributed by atoms with Crippen molar-refractivity contribution in [1.82, 2.24) is 9.97 Å². The van der Waals surface area contributed by atoms with Crippen LogP contribution < -0.4 is 4.74 Å². The average molecular weight is 296 g/mol. The maximum atomic E-state index is 9.51. The van der Waals surface area contributed by atoms with Crippen LogP contribution >= 0.6 is 0 Å². The van der Waals surface area contributed by atoms with Crippen molar-refractivity contribution >= 4 is 10.8 Å². The smallest absolute Gasteiger partial charge is 0.217 e. The van der Waals surface area contributed by atoms with Crippen LogP contribution in [0.2, 0.25) is 0 Å². The monoisotopic (exact) mass is 296 g/mol. The summed E-state index contributed by atoms with van der Waals surface area (Å²) in [5.74, 6) is 1.26. The molecular formula is C17H16N2O3. The highest BCUT2D eigenvalue weighted by molar-refractivity contribution is 5.87.